The molecule has 0 amide bonds. The van der Waals surface area contributed by atoms with Gasteiger partial charge >= 0.3 is 0 Å². The highest BCUT2D eigenvalue weighted by Crippen LogP contribution is 2.32. The van der Waals surface area contributed by atoms with E-state index in [1.54, 1.807) is 25.3 Å². The predicted molar refractivity (Wildman–Crippen MR) is 102 cm³/mol. The van der Waals surface area contributed by atoms with Gasteiger partial charge in [0.15, 0.2) is 0 Å². The molecule has 2 aromatic carbocycles. The Labute approximate surface area is 157 Å². The predicted octanol–water partition coefficient (Wildman–Crippen LogP) is 3.67. The molecule has 0 spiro atoms. The highest BCUT2D eigenvalue weighted by molar-refractivity contribution is 7.89. The van der Waals surface area contributed by atoms with Crippen LogP contribution in [0.15, 0.2) is 47.4 Å². The van der Waals surface area contributed by atoms with Gasteiger partial charge in [0.1, 0.15) is 10.6 Å². The zero-order chi connectivity index (χ0) is 18.3. The topological polar surface area (TPSA) is 71.2 Å². The van der Waals surface area contributed by atoms with Crippen molar-refractivity contribution >= 4 is 32.5 Å². The molecule has 1 atom stereocenters. The Hall–Kier alpha value is -2.02. The van der Waals surface area contributed by atoms with Gasteiger partial charge in [-0.15, -0.1) is 0 Å². The summed E-state index contributed by atoms with van der Waals surface area (Å²) in [6.45, 7) is 0. The highest BCUT2D eigenvalue weighted by Gasteiger charge is 2.27. The Morgan fingerprint density at radius 1 is 1.23 bits per heavy atom. The summed E-state index contributed by atoms with van der Waals surface area (Å²) in [5, 5.41) is 1.31. The second-order valence-electron chi connectivity index (χ2n) is 6.49. The van der Waals surface area contributed by atoms with Crippen LogP contribution in [0, 0.1) is 0 Å². The summed E-state index contributed by atoms with van der Waals surface area (Å²) >= 11 is 6.06. The lowest BCUT2D eigenvalue weighted by Gasteiger charge is -2.23. The maximum Gasteiger partial charge on any atom is 0.242 e. The Bertz CT molecular complexity index is 1080. The first-order valence-corrected chi connectivity index (χ1v) is 10.3. The van der Waals surface area contributed by atoms with Crippen LogP contribution < -0.4 is 9.46 Å². The van der Waals surface area contributed by atoms with Crippen molar-refractivity contribution in [3.05, 3.63) is 58.7 Å². The van der Waals surface area contributed by atoms with E-state index in [0.29, 0.717) is 6.42 Å². The zero-order valence-corrected chi connectivity index (χ0v) is 15.8. The van der Waals surface area contributed by atoms with Crippen molar-refractivity contribution in [3.63, 3.8) is 0 Å². The number of ether oxygens (including phenoxy) is 1. The standard InChI is InChI=1S/C19H19ClN2O3S/c1-25-13-7-9-18-15(11-13)14-10-12(6-8-17(14)21-18)22-26(23,24)19-5-3-2-4-16(19)20/h2-5,7,9,11-12,21-22H,6,8,10H2,1H3. The molecule has 26 heavy (non-hydrogen) atoms. The summed E-state index contributed by atoms with van der Waals surface area (Å²) in [6, 6.07) is 12.2. The van der Waals surface area contributed by atoms with Crippen LogP contribution in [0.3, 0.4) is 0 Å². The minimum absolute atomic E-state index is 0.119. The largest absolute Gasteiger partial charge is 0.497 e. The molecule has 5 nitrogen and oxygen atoms in total. The van der Waals surface area contributed by atoms with E-state index in [9.17, 15) is 8.42 Å². The maximum absolute atomic E-state index is 12.7. The van der Waals surface area contributed by atoms with E-state index in [1.165, 1.54) is 11.8 Å². The van der Waals surface area contributed by atoms with Crippen LogP contribution >= 0.6 is 11.6 Å². The summed E-state index contributed by atoms with van der Waals surface area (Å²) < 4.78 is 33.6. The molecule has 1 unspecified atom stereocenters. The third kappa shape index (κ3) is 3.09. The molecule has 0 saturated heterocycles. The van der Waals surface area contributed by atoms with Gasteiger partial charge in [0, 0.05) is 22.6 Å². The van der Waals surface area contributed by atoms with Gasteiger partial charge < -0.3 is 9.72 Å². The Balaban J connectivity index is 1.63. The van der Waals surface area contributed by atoms with E-state index in [-0.39, 0.29) is 16.0 Å². The molecule has 0 saturated carbocycles. The second kappa shape index (κ2) is 6.61. The van der Waals surface area contributed by atoms with Gasteiger partial charge in [0.25, 0.3) is 0 Å². The van der Waals surface area contributed by atoms with Crippen LogP contribution in [-0.2, 0) is 22.9 Å². The van der Waals surface area contributed by atoms with E-state index in [2.05, 4.69) is 9.71 Å². The number of fused-ring (bicyclic) bond motifs is 3. The highest BCUT2D eigenvalue weighted by atomic mass is 35.5. The molecule has 3 aromatic rings. The number of halogens is 1. The van der Waals surface area contributed by atoms with Gasteiger partial charge in [0.05, 0.1) is 12.1 Å². The SMILES string of the molecule is COc1ccc2[nH]c3c(c2c1)CC(NS(=O)(=O)c1ccccc1Cl)CC3. The lowest BCUT2D eigenvalue weighted by atomic mass is 9.92. The Kier molecular flexibility index (Phi) is 4.42. The number of aryl methyl sites for hydroxylation is 1. The van der Waals surface area contributed by atoms with Crippen molar-refractivity contribution in [2.75, 3.05) is 7.11 Å². The number of methoxy groups -OCH3 is 1. The van der Waals surface area contributed by atoms with Crippen LogP contribution in [0.1, 0.15) is 17.7 Å². The lowest BCUT2D eigenvalue weighted by molar-refractivity contribution is 0.415. The first-order chi connectivity index (χ1) is 12.5. The molecule has 1 heterocycles. The first kappa shape index (κ1) is 17.4. The number of rotatable bonds is 4. The second-order valence-corrected chi connectivity index (χ2v) is 8.57. The van der Waals surface area contributed by atoms with Gasteiger partial charge in [0.2, 0.25) is 10.0 Å². The average Bonchev–Trinajstić information content (AvgIpc) is 2.98. The summed E-state index contributed by atoms with van der Waals surface area (Å²) in [6.07, 6.45) is 2.16. The molecule has 7 heteroatoms. The molecule has 1 aliphatic carbocycles. The van der Waals surface area contributed by atoms with E-state index in [0.717, 1.165) is 35.1 Å². The van der Waals surface area contributed by atoms with E-state index in [1.807, 2.05) is 18.2 Å². The van der Waals surface area contributed by atoms with Crippen LogP contribution in [0.25, 0.3) is 10.9 Å². The molecule has 2 N–H and O–H groups in total. The number of nitrogens with one attached hydrogen (secondary N) is 2. The summed E-state index contributed by atoms with van der Waals surface area (Å²) in [4.78, 5) is 3.56. The number of aromatic amines is 1. The number of sulfonamides is 1. The van der Waals surface area contributed by atoms with Crippen molar-refractivity contribution in [3.8, 4) is 5.75 Å². The lowest BCUT2D eigenvalue weighted by Crippen LogP contribution is -2.38. The van der Waals surface area contributed by atoms with E-state index < -0.39 is 10.0 Å². The van der Waals surface area contributed by atoms with Gasteiger partial charge in [-0.25, -0.2) is 13.1 Å². The Morgan fingerprint density at radius 2 is 2.04 bits per heavy atom. The van der Waals surface area contributed by atoms with Crippen molar-refractivity contribution in [2.45, 2.75) is 30.2 Å². The first-order valence-electron chi connectivity index (χ1n) is 8.42. The maximum atomic E-state index is 12.7. The number of hydrogen-bond donors (Lipinski definition) is 2. The smallest absolute Gasteiger partial charge is 0.242 e. The van der Waals surface area contributed by atoms with Crippen LogP contribution in [0.2, 0.25) is 5.02 Å². The number of benzene rings is 2. The fourth-order valence-corrected chi connectivity index (χ4v) is 5.36. The fourth-order valence-electron chi connectivity index (χ4n) is 3.57. The van der Waals surface area contributed by atoms with Gasteiger partial charge in [-0.3, -0.25) is 0 Å². The van der Waals surface area contributed by atoms with Gasteiger partial charge in [-0.1, -0.05) is 23.7 Å². The quantitative estimate of drug-likeness (QED) is 0.714. The molecule has 1 aromatic heterocycles. The summed E-state index contributed by atoms with van der Waals surface area (Å²) in [5.41, 5.74) is 3.36. The third-order valence-corrected chi connectivity index (χ3v) is 6.86. The normalized spacial score (nSPS) is 17.2. The number of H-pyrrole nitrogens is 1. The van der Waals surface area contributed by atoms with Crippen molar-refractivity contribution in [2.24, 2.45) is 0 Å². The van der Waals surface area contributed by atoms with Gasteiger partial charge in [-0.05, 0) is 55.2 Å². The van der Waals surface area contributed by atoms with Crippen LogP contribution in [0.4, 0.5) is 0 Å². The molecular formula is C19H19ClN2O3S. The molecule has 1 aliphatic rings. The summed E-state index contributed by atoms with van der Waals surface area (Å²) in [7, 11) is -2.02. The molecule has 0 aliphatic heterocycles. The zero-order valence-electron chi connectivity index (χ0n) is 14.3. The van der Waals surface area contributed by atoms with Crippen molar-refractivity contribution < 1.29 is 13.2 Å². The van der Waals surface area contributed by atoms with Crippen molar-refractivity contribution in [1.82, 2.24) is 9.71 Å². The minimum Gasteiger partial charge on any atom is -0.497 e. The molecular weight excluding hydrogens is 372 g/mol. The molecule has 136 valence electrons. The fraction of sp³-hybridized carbons (Fsp3) is 0.263. The number of hydrogen-bond acceptors (Lipinski definition) is 3. The molecule has 0 radical (unpaired) electrons. The Morgan fingerprint density at radius 3 is 2.81 bits per heavy atom. The van der Waals surface area contributed by atoms with Crippen LogP contribution in [-0.4, -0.2) is 26.6 Å². The summed E-state index contributed by atoms with van der Waals surface area (Å²) in [5.74, 6) is 0.790. The van der Waals surface area contributed by atoms with Crippen molar-refractivity contribution in [1.29, 1.82) is 0 Å². The van der Waals surface area contributed by atoms with E-state index in [4.69, 9.17) is 16.3 Å². The van der Waals surface area contributed by atoms with E-state index >= 15 is 0 Å². The van der Waals surface area contributed by atoms with Crippen LogP contribution in [0.5, 0.6) is 5.75 Å². The monoisotopic (exact) mass is 390 g/mol. The molecule has 0 bridgehead atoms. The molecule has 0 fully saturated rings. The molecule has 4 rings (SSSR count). The van der Waals surface area contributed by atoms with Gasteiger partial charge in [-0.2, -0.15) is 0 Å². The third-order valence-electron chi connectivity index (χ3n) is 4.84. The minimum atomic E-state index is -3.66. The number of aromatic nitrogens is 1. The average molecular weight is 391 g/mol.